The third kappa shape index (κ3) is 5.61. The first-order valence-electron chi connectivity index (χ1n) is 10.8. The molecule has 1 saturated heterocycles. The topological polar surface area (TPSA) is 56.4 Å². The Labute approximate surface area is 169 Å². The molecule has 0 spiro atoms. The summed E-state index contributed by atoms with van der Waals surface area (Å²) in [6.07, 6.45) is 4.94. The van der Waals surface area contributed by atoms with Crippen LogP contribution >= 0.6 is 0 Å². The highest BCUT2D eigenvalue weighted by Crippen LogP contribution is 2.24. The van der Waals surface area contributed by atoms with Gasteiger partial charge in [-0.15, -0.1) is 0 Å². The summed E-state index contributed by atoms with van der Waals surface area (Å²) in [4.78, 5) is 15.4. The minimum absolute atomic E-state index is 0.228. The van der Waals surface area contributed by atoms with Crippen LogP contribution in [0.2, 0.25) is 0 Å². The second-order valence-electron chi connectivity index (χ2n) is 8.47. The molecule has 0 bridgehead atoms. The van der Waals surface area contributed by atoms with Crippen molar-refractivity contribution in [1.29, 1.82) is 0 Å². The van der Waals surface area contributed by atoms with Crippen LogP contribution in [0.15, 0.2) is 18.2 Å². The summed E-state index contributed by atoms with van der Waals surface area (Å²) in [5, 5.41) is 3.30. The normalized spacial score (nSPS) is 27.8. The second kappa shape index (κ2) is 10.1. The predicted octanol–water partition coefficient (Wildman–Crippen LogP) is -0.318. The Morgan fingerprint density at radius 3 is 2.46 bits per heavy atom. The Morgan fingerprint density at radius 2 is 1.79 bits per heavy atom. The zero-order valence-corrected chi connectivity index (χ0v) is 17.7. The smallest absolute Gasteiger partial charge is 0.275 e. The van der Waals surface area contributed by atoms with E-state index < -0.39 is 0 Å². The van der Waals surface area contributed by atoms with E-state index in [0.29, 0.717) is 18.5 Å². The summed E-state index contributed by atoms with van der Waals surface area (Å²) < 4.78 is 10.9. The first-order chi connectivity index (χ1) is 13.6. The maximum Gasteiger partial charge on any atom is 0.275 e. The zero-order chi connectivity index (χ0) is 19.9. The first-order valence-corrected chi connectivity index (χ1v) is 10.8. The Morgan fingerprint density at radius 1 is 1.07 bits per heavy atom. The van der Waals surface area contributed by atoms with E-state index in [9.17, 15) is 4.79 Å². The molecule has 28 heavy (non-hydrogen) atoms. The maximum atomic E-state index is 12.5. The fourth-order valence-corrected chi connectivity index (χ4v) is 4.62. The largest absolute Gasteiger partial charge is 0.497 e. The van der Waals surface area contributed by atoms with Crippen molar-refractivity contribution in [3.05, 3.63) is 23.8 Å². The van der Waals surface area contributed by atoms with Gasteiger partial charge in [0, 0.05) is 6.04 Å². The van der Waals surface area contributed by atoms with Crippen LogP contribution in [-0.4, -0.2) is 58.9 Å². The lowest BCUT2D eigenvalue weighted by atomic mass is 9.86. The number of piperazine rings is 1. The number of nitrogens with one attached hydrogen (secondary N) is 3. The van der Waals surface area contributed by atoms with Crippen molar-refractivity contribution in [2.24, 2.45) is 5.92 Å². The molecule has 0 unspecified atom stereocenters. The van der Waals surface area contributed by atoms with Gasteiger partial charge in [-0.25, -0.2) is 0 Å². The van der Waals surface area contributed by atoms with Gasteiger partial charge in [0.15, 0.2) is 6.54 Å². The van der Waals surface area contributed by atoms with Crippen molar-refractivity contribution in [2.45, 2.75) is 45.2 Å². The van der Waals surface area contributed by atoms with E-state index in [1.165, 1.54) is 34.6 Å². The van der Waals surface area contributed by atoms with Crippen molar-refractivity contribution >= 4 is 5.91 Å². The minimum atomic E-state index is 0.228. The molecule has 0 aromatic heterocycles. The third-order valence-corrected chi connectivity index (χ3v) is 6.46. The molecule has 1 aliphatic carbocycles. The number of methoxy groups -OCH3 is 2. The number of ether oxygens (including phenoxy) is 2. The van der Waals surface area contributed by atoms with E-state index in [4.69, 9.17) is 9.47 Å². The molecule has 2 aliphatic rings. The number of rotatable bonds is 7. The molecule has 3 rings (SSSR count). The molecule has 1 aromatic rings. The molecule has 1 heterocycles. The van der Waals surface area contributed by atoms with Crippen LogP contribution in [0.25, 0.3) is 0 Å². The van der Waals surface area contributed by atoms with Crippen LogP contribution < -0.4 is 24.6 Å². The Kier molecular flexibility index (Phi) is 7.57. The van der Waals surface area contributed by atoms with Gasteiger partial charge in [-0.1, -0.05) is 19.8 Å². The predicted molar refractivity (Wildman–Crippen MR) is 109 cm³/mol. The number of carbonyl (C=O) groups excluding carboxylic acids is 1. The van der Waals surface area contributed by atoms with E-state index in [-0.39, 0.29) is 5.91 Å². The van der Waals surface area contributed by atoms with Gasteiger partial charge < -0.3 is 24.6 Å². The van der Waals surface area contributed by atoms with Crippen molar-refractivity contribution in [3.63, 3.8) is 0 Å². The molecule has 1 aliphatic heterocycles. The van der Waals surface area contributed by atoms with Crippen LogP contribution in [0.3, 0.4) is 0 Å². The molecular formula is C22H37N3O3+2. The van der Waals surface area contributed by atoms with Gasteiger partial charge in [-0.3, -0.25) is 4.79 Å². The summed E-state index contributed by atoms with van der Waals surface area (Å²) in [6, 6.07) is 6.37. The maximum absolute atomic E-state index is 12.5. The average Bonchev–Trinajstić information content (AvgIpc) is 2.71. The van der Waals surface area contributed by atoms with Crippen molar-refractivity contribution in [3.8, 4) is 11.5 Å². The molecule has 1 saturated carbocycles. The van der Waals surface area contributed by atoms with Gasteiger partial charge in [0.1, 0.15) is 44.2 Å². The Hall–Kier alpha value is -1.79. The van der Waals surface area contributed by atoms with Crippen LogP contribution in [-0.2, 0) is 11.3 Å². The van der Waals surface area contributed by atoms with E-state index in [0.717, 1.165) is 50.6 Å². The summed E-state index contributed by atoms with van der Waals surface area (Å²) in [7, 11) is 3.41. The number of quaternary nitrogens is 2. The molecule has 6 nitrogen and oxygen atoms in total. The number of benzene rings is 1. The van der Waals surface area contributed by atoms with Crippen LogP contribution in [0.1, 0.15) is 38.2 Å². The molecule has 6 heteroatoms. The number of amides is 1. The summed E-state index contributed by atoms with van der Waals surface area (Å²) >= 11 is 0. The molecule has 2 atom stereocenters. The van der Waals surface area contributed by atoms with Gasteiger partial charge >= 0.3 is 0 Å². The fraction of sp³-hybridized carbons (Fsp3) is 0.682. The molecule has 1 aromatic carbocycles. The van der Waals surface area contributed by atoms with Gasteiger partial charge in [0.2, 0.25) is 0 Å². The van der Waals surface area contributed by atoms with Gasteiger partial charge in [0.05, 0.1) is 19.8 Å². The third-order valence-electron chi connectivity index (χ3n) is 6.46. The Balaban J connectivity index is 1.45. The summed E-state index contributed by atoms with van der Waals surface area (Å²) in [5.41, 5.74) is 1.18. The highest BCUT2D eigenvalue weighted by atomic mass is 16.5. The molecular weight excluding hydrogens is 354 g/mol. The zero-order valence-electron chi connectivity index (χ0n) is 17.7. The standard InChI is InChI=1S/C22H35N3O3/c1-17-6-4-5-7-20(17)23-22(26)16-25-12-10-24(11-13-25)15-18-14-19(27-2)8-9-21(18)28-3/h8-9,14,17,20H,4-7,10-13,15-16H2,1-3H3,(H,23,26)/p+2/t17-,20-/m0/s1. The number of hydrogen-bond acceptors (Lipinski definition) is 3. The minimum Gasteiger partial charge on any atom is -0.497 e. The highest BCUT2D eigenvalue weighted by molar-refractivity contribution is 5.77. The lowest BCUT2D eigenvalue weighted by Crippen LogP contribution is -3.28. The lowest BCUT2D eigenvalue weighted by molar-refractivity contribution is -1.02. The summed E-state index contributed by atoms with van der Waals surface area (Å²) in [5.74, 6) is 2.63. The molecule has 1 amide bonds. The van der Waals surface area contributed by atoms with Gasteiger partial charge in [-0.2, -0.15) is 0 Å². The lowest BCUT2D eigenvalue weighted by Gasteiger charge is -2.32. The van der Waals surface area contributed by atoms with E-state index in [1.807, 2.05) is 12.1 Å². The van der Waals surface area contributed by atoms with Crippen LogP contribution in [0, 0.1) is 5.92 Å². The van der Waals surface area contributed by atoms with Crippen LogP contribution in [0.4, 0.5) is 0 Å². The van der Waals surface area contributed by atoms with E-state index in [2.05, 4.69) is 18.3 Å². The first kappa shape index (κ1) is 20.9. The van der Waals surface area contributed by atoms with Gasteiger partial charge in [-0.05, 0) is 37.0 Å². The summed E-state index contributed by atoms with van der Waals surface area (Å²) in [6.45, 7) is 8.03. The van der Waals surface area contributed by atoms with Crippen LogP contribution in [0.5, 0.6) is 11.5 Å². The van der Waals surface area contributed by atoms with E-state index in [1.54, 1.807) is 14.2 Å². The Bertz CT molecular complexity index is 644. The molecule has 2 fully saturated rings. The van der Waals surface area contributed by atoms with E-state index >= 15 is 0 Å². The monoisotopic (exact) mass is 391 g/mol. The molecule has 156 valence electrons. The average molecular weight is 392 g/mol. The highest BCUT2D eigenvalue weighted by Gasteiger charge is 2.28. The van der Waals surface area contributed by atoms with Crippen molar-refractivity contribution in [1.82, 2.24) is 5.32 Å². The van der Waals surface area contributed by atoms with Crippen molar-refractivity contribution in [2.75, 3.05) is 46.9 Å². The fourth-order valence-electron chi connectivity index (χ4n) is 4.62. The van der Waals surface area contributed by atoms with Gasteiger partial charge in [0.25, 0.3) is 5.91 Å². The quantitative estimate of drug-likeness (QED) is 0.597. The number of hydrogen-bond donors (Lipinski definition) is 3. The SMILES string of the molecule is COc1ccc(OC)c(C[NH+]2CC[NH+](CC(=O)N[C@H]3CCCC[C@@H]3C)CC2)c1. The molecule has 3 N–H and O–H groups in total. The number of carbonyl (C=O) groups is 1. The second-order valence-corrected chi connectivity index (χ2v) is 8.47. The molecule has 0 radical (unpaired) electrons. The van der Waals surface area contributed by atoms with Crippen molar-refractivity contribution < 1.29 is 24.1 Å².